The van der Waals surface area contributed by atoms with Gasteiger partial charge < -0.3 is 10.4 Å². The summed E-state index contributed by atoms with van der Waals surface area (Å²) in [7, 11) is -3.31. The van der Waals surface area contributed by atoms with Crippen molar-refractivity contribution in [1.29, 1.82) is 0 Å². The molecule has 3 N–H and O–H groups in total. The lowest BCUT2D eigenvalue weighted by Crippen LogP contribution is -2.24. The fraction of sp³-hybridized carbons (Fsp3) is 0.364. The maximum atomic E-state index is 11.6. The van der Waals surface area contributed by atoms with Crippen LogP contribution in [0.1, 0.15) is 16.8 Å². The molecule has 1 aromatic rings. The van der Waals surface area contributed by atoms with E-state index >= 15 is 0 Å². The van der Waals surface area contributed by atoms with E-state index in [-0.39, 0.29) is 12.5 Å². The van der Waals surface area contributed by atoms with Crippen LogP contribution in [0.4, 0.5) is 5.69 Å². The van der Waals surface area contributed by atoms with Gasteiger partial charge in [0.25, 0.3) is 5.91 Å². The zero-order valence-electron chi connectivity index (χ0n) is 10.0. The molecule has 0 saturated heterocycles. The van der Waals surface area contributed by atoms with Crippen molar-refractivity contribution in [3.8, 4) is 0 Å². The number of sulfonamides is 1. The molecule has 0 unspecified atom stereocenters. The first kappa shape index (κ1) is 14.5. The Morgan fingerprint density at radius 2 is 1.89 bits per heavy atom. The normalized spacial score (nSPS) is 11.0. The smallest absolute Gasteiger partial charge is 0.251 e. The molecule has 0 aromatic heterocycles. The van der Waals surface area contributed by atoms with E-state index in [1.165, 1.54) is 24.3 Å². The zero-order valence-corrected chi connectivity index (χ0v) is 10.8. The van der Waals surface area contributed by atoms with Crippen LogP contribution < -0.4 is 10.0 Å². The molecule has 0 saturated carbocycles. The highest BCUT2D eigenvalue weighted by molar-refractivity contribution is 7.92. The number of hydrogen-bond donors (Lipinski definition) is 3. The highest BCUT2D eigenvalue weighted by Gasteiger charge is 2.06. The van der Waals surface area contributed by atoms with Gasteiger partial charge in [0.15, 0.2) is 0 Å². The van der Waals surface area contributed by atoms with E-state index < -0.39 is 10.0 Å². The maximum absolute atomic E-state index is 11.6. The number of anilines is 1. The standard InChI is InChI=1S/C11H16N2O4S/c1-18(16,17)13-10-5-3-9(4-6-10)11(15)12-7-2-8-14/h3-6,13-14H,2,7-8H2,1H3,(H,12,15). The monoisotopic (exact) mass is 272 g/mol. The first-order chi connectivity index (χ1) is 8.42. The Morgan fingerprint density at radius 3 is 2.39 bits per heavy atom. The number of hydrogen-bond acceptors (Lipinski definition) is 4. The largest absolute Gasteiger partial charge is 0.396 e. The van der Waals surface area contributed by atoms with E-state index in [2.05, 4.69) is 10.0 Å². The molecule has 1 amide bonds. The van der Waals surface area contributed by atoms with Crippen LogP contribution in [0.3, 0.4) is 0 Å². The van der Waals surface area contributed by atoms with Crippen LogP contribution in [0.2, 0.25) is 0 Å². The third-order valence-corrected chi connectivity index (χ3v) is 2.68. The van der Waals surface area contributed by atoms with Gasteiger partial charge in [0.2, 0.25) is 10.0 Å². The van der Waals surface area contributed by atoms with Gasteiger partial charge in [-0.1, -0.05) is 0 Å². The summed E-state index contributed by atoms with van der Waals surface area (Å²) in [6.45, 7) is 0.427. The third-order valence-electron chi connectivity index (χ3n) is 2.07. The lowest BCUT2D eigenvalue weighted by atomic mass is 10.2. The van der Waals surface area contributed by atoms with Crippen LogP contribution in [0.15, 0.2) is 24.3 Å². The number of nitrogens with one attached hydrogen (secondary N) is 2. The minimum atomic E-state index is -3.31. The fourth-order valence-electron chi connectivity index (χ4n) is 1.29. The van der Waals surface area contributed by atoms with Crippen molar-refractivity contribution in [1.82, 2.24) is 5.32 Å². The van der Waals surface area contributed by atoms with Gasteiger partial charge in [-0.2, -0.15) is 0 Å². The SMILES string of the molecule is CS(=O)(=O)Nc1ccc(C(=O)NCCCO)cc1. The predicted molar refractivity (Wildman–Crippen MR) is 68.9 cm³/mol. The lowest BCUT2D eigenvalue weighted by molar-refractivity contribution is 0.0951. The Bertz CT molecular complexity index is 496. The topological polar surface area (TPSA) is 95.5 Å². The van der Waals surface area contributed by atoms with Crippen molar-refractivity contribution in [2.24, 2.45) is 0 Å². The lowest BCUT2D eigenvalue weighted by Gasteiger charge is -2.06. The molecule has 0 aliphatic heterocycles. The first-order valence-electron chi connectivity index (χ1n) is 5.39. The molecule has 0 bridgehead atoms. The summed E-state index contributed by atoms with van der Waals surface area (Å²) in [4.78, 5) is 11.6. The van der Waals surface area contributed by atoms with E-state index in [1.807, 2.05) is 0 Å². The summed E-state index contributed by atoms with van der Waals surface area (Å²) in [6, 6.07) is 6.09. The van der Waals surface area contributed by atoms with Gasteiger partial charge in [0, 0.05) is 24.4 Å². The molecule has 7 heteroatoms. The molecule has 0 aliphatic rings. The number of aliphatic hydroxyl groups excluding tert-OH is 1. The quantitative estimate of drug-likeness (QED) is 0.643. The minimum Gasteiger partial charge on any atom is -0.396 e. The van der Waals surface area contributed by atoms with Crippen LogP contribution in [0.5, 0.6) is 0 Å². The van der Waals surface area contributed by atoms with Gasteiger partial charge in [-0.15, -0.1) is 0 Å². The Hall–Kier alpha value is -1.60. The fourth-order valence-corrected chi connectivity index (χ4v) is 1.85. The summed E-state index contributed by atoms with van der Waals surface area (Å²) in [5.74, 6) is -0.255. The van der Waals surface area contributed by atoms with Gasteiger partial charge in [0.05, 0.1) is 6.26 Å². The van der Waals surface area contributed by atoms with Crippen molar-refractivity contribution < 1.29 is 18.3 Å². The Labute approximate surface area is 106 Å². The first-order valence-corrected chi connectivity index (χ1v) is 7.28. The number of amides is 1. The molecule has 18 heavy (non-hydrogen) atoms. The molecular weight excluding hydrogens is 256 g/mol. The molecule has 0 spiro atoms. The van der Waals surface area contributed by atoms with Crippen molar-refractivity contribution in [2.75, 3.05) is 24.1 Å². The predicted octanol–water partition coefficient (Wildman–Crippen LogP) is 0.170. The second kappa shape index (κ2) is 6.36. The molecule has 0 aliphatic carbocycles. The third kappa shape index (κ3) is 5.15. The van der Waals surface area contributed by atoms with E-state index in [0.717, 1.165) is 6.26 Å². The Kier molecular flexibility index (Phi) is 5.11. The Balaban J connectivity index is 2.62. The van der Waals surface area contributed by atoms with Crippen LogP contribution in [0.25, 0.3) is 0 Å². The number of benzene rings is 1. The van der Waals surface area contributed by atoms with Crippen LogP contribution >= 0.6 is 0 Å². The molecule has 0 heterocycles. The number of aliphatic hydroxyl groups is 1. The summed E-state index contributed by atoms with van der Waals surface area (Å²) in [6.07, 6.45) is 1.56. The number of carbonyl (C=O) groups excluding carboxylic acids is 1. The molecule has 0 atom stereocenters. The molecule has 1 aromatic carbocycles. The summed E-state index contributed by atoms with van der Waals surface area (Å²) in [5.41, 5.74) is 0.844. The molecule has 6 nitrogen and oxygen atoms in total. The van der Waals surface area contributed by atoms with Crippen molar-refractivity contribution >= 4 is 21.6 Å². The minimum absolute atomic E-state index is 0.0253. The number of rotatable bonds is 6. The van der Waals surface area contributed by atoms with Gasteiger partial charge in [-0.25, -0.2) is 8.42 Å². The highest BCUT2D eigenvalue weighted by atomic mass is 32.2. The molecule has 1 rings (SSSR count). The second-order valence-corrected chi connectivity index (χ2v) is 5.53. The Morgan fingerprint density at radius 1 is 1.28 bits per heavy atom. The highest BCUT2D eigenvalue weighted by Crippen LogP contribution is 2.10. The molecule has 100 valence electrons. The van der Waals surface area contributed by atoms with Crippen molar-refractivity contribution in [3.63, 3.8) is 0 Å². The van der Waals surface area contributed by atoms with Gasteiger partial charge in [-0.3, -0.25) is 9.52 Å². The average molecular weight is 272 g/mol. The van der Waals surface area contributed by atoms with E-state index in [0.29, 0.717) is 24.2 Å². The molecule has 0 fully saturated rings. The zero-order chi connectivity index (χ0) is 13.6. The summed E-state index contributed by atoms with van der Waals surface area (Å²) >= 11 is 0. The van der Waals surface area contributed by atoms with Gasteiger partial charge in [-0.05, 0) is 30.7 Å². The van der Waals surface area contributed by atoms with Crippen molar-refractivity contribution in [2.45, 2.75) is 6.42 Å². The molecule has 0 radical (unpaired) electrons. The average Bonchev–Trinajstić information content (AvgIpc) is 2.28. The van der Waals surface area contributed by atoms with E-state index in [9.17, 15) is 13.2 Å². The van der Waals surface area contributed by atoms with Crippen LogP contribution in [0, 0.1) is 0 Å². The van der Waals surface area contributed by atoms with Crippen LogP contribution in [-0.2, 0) is 10.0 Å². The van der Waals surface area contributed by atoms with Crippen LogP contribution in [-0.4, -0.2) is 38.8 Å². The molecular formula is C11H16N2O4S. The van der Waals surface area contributed by atoms with Gasteiger partial charge >= 0.3 is 0 Å². The summed E-state index contributed by atoms with van der Waals surface area (Å²) < 4.78 is 24.3. The maximum Gasteiger partial charge on any atom is 0.251 e. The van der Waals surface area contributed by atoms with E-state index in [4.69, 9.17) is 5.11 Å². The summed E-state index contributed by atoms with van der Waals surface area (Å²) in [5, 5.41) is 11.2. The van der Waals surface area contributed by atoms with E-state index in [1.54, 1.807) is 0 Å². The van der Waals surface area contributed by atoms with Gasteiger partial charge in [0.1, 0.15) is 0 Å². The van der Waals surface area contributed by atoms with Crippen molar-refractivity contribution in [3.05, 3.63) is 29.8 Å². The number of carbonyl (C=O) groups is 1. The second-order valence-electron chi connectivity index (χ2n) is 3.78.